The third kappa shape index (κ3) is 3.95. The lowest BCUT2D eigenvalue weighted by Crippen LogP contribution is -2.59. The molecule has 174 valence electrons. The quantitative estimate of drug-likeness (QED) is 0.406. The molecule has 1 amide bonds. The number of nitrogens with zero attached hydrogens (tertiary/aromatic N) is 1. The molecule has 2 heterocycles. The first kappa shape index (κ1) is 23.7. The van der Waals surface area contributed by atoms with Crippen molar-refractivity contribution >= 4 is 11.6 Å². The first-order chi connectivity index (χ1) is 14.9. The van der Waals surface area contributed by atoms with Gasteiger partial charge in [0.25, 0.3) is 0 Å². The zero-order valence-corrected chi connectivity index (χ0v) is 17.2. The van der Waals surface area contributed by atoms with Crippen molar-refractivity contribution in [3.8, 4) is 5.75 Å². The molecule has 7 nitrogen and oxygen atoms in total. The Hall–Kier alpha value is -2.99. The zero-order valence-electron chi connectivity index (χ0n) is 17.2. The molecule has 1 aliphatic heterocycles. The lowest BCUT2D eigenvalue weighted by molar-refractivity contribution is -0.604. The van der Waals surface area contributed by atoms with E-state index in [2.05, 4.69) is 10.6 Å². The van der Waals surface area contributed by atoms with Crippen LogP contribution in [0.3, 0.4) is 0 Å². The van der Waals surface area contributed by atoms with Crippen molar-refractivity contribution in [1.29, 1.82) is 0 Å². The molecule has 12 heteroatoms. The Morgan fingerprint density at radius 1 is 1.25 bits per heavy atom. The van der Waals surface area contributed by atoms with E-state index < -0.39 is 53.1 Å². The molecule has 1 fully saturated rings. The Labute approximate surface area is 179 Å². The highest BCUT2D eigenvalue weighted by Gasteiger charge is 2.66. The largest absolute Gasteiger partial charge is 0.619 e. The van der Waals surface area contributed by atoms with Gasteiger partial charge in [0.2, 0.25) is 17.9 Å². The second-order valence-electron chi connectivity index (χ2n) is 7.43. The van der Waals surface area contributed by atoms with Crippen molar-refractivity contribution in [2.24, 2.45) is 0 Å². The molecule has 1 aromatic carbocycles. The van der Waals surface area contributed by atoms with Gasteiger partial charge in [-0.15, -0.1) is 0 Å². The predicted molar refractivity (Wildman–Crippen MR) is 102 cm³/mol. The summed E-state index contributed by atoms with van der Waals surface area (Å²) in [6, 6.07) is 2.87. The summed E-state index contributed by atoms with van der Waals surface area (Å²) in [7, 11) is 2.05. The van der Waals surface area contributed by atoms with Gasteiger partial charge in [0, 0.05) is 24.7 Å². The van der Waals surface area contributed by atoms with E-state index in [1.807, 2.05) is 0 Å². The highest BCUT2D eigenvalue weighted by molar-refractivity contribution is 5.96. The average molecular weight is 461 g/mol. The molecule has 0 spiro atoms. The number of halogens is 5. The fraction of sp³-hybridized carbons (Fsp3) is 0.400. The Balaban J connectivity index is 2.13. The highest BCUT2D eigenvalue weighted by atomic mass is 19.4. The topological polar surface area (TPSA) is 86.5 Å². The summed E-state index contributed by atoms with van der Waals surface area (Å²) in [6.45, 7) is 0.807. The van der Waals surface area contributed by atoms with Crippen LogP contribution in [0.5, 0.6) is 5.75 Å². The number of nitrogens with one attached hydrogen (secondary N) is 2. The van der Waals surface area contributed by atoms with Gasteiger partial charge < -0.3 is 20.0 Å². The van der Waals surface area contributed by atoms with Crippen LogP contribution in [0.2, 0.25) is 0 Å². The molecule has 0 bridgehead atoms. The van der Waals surface area contributed by atoms with Crippen LogP contribution in [-0.2, 0) is 9.53 Å². The van der Waals surface area contributed by atoms with Gasteiger partial charge in [0.1, 0.15) is 11.2 Å². The number of benzene rings is 1. The minimum absolute atomic E-state index is 0.0277. The monoisotopic (exact) mass is 461 g/mol. The smallest absolute Gasteiger partial charge is 0.408 e. The van der Waals surface area contributed by atoms with Crippen LogP contribution in [0.15, 0.2) is 36.7 Å². The maximum atomic E-state index is 14.4. The second-order valence-corrected chi connectivity index (χ2v) is 7.43. The van der Waals surface area contributed by atoms with Gasteiger partial charge in [0.15, 0.2) is 17.8 Å². The number of anilines is 1. The fourth-order valence-corrected chi connectivity index (χ4v) is 3.99. The molecule has 32 heavy (non-hydrogen) atoms. The number of aromatic nitrogens is 1. The van der Waals surface area contributed by atoms with Crippen molar-refractivity contribution < 1.29 is 41.0 Å². The Morgan fingerprint density at radius 2 is 1.94 bits per heavy atom. The van der Waals surface area contributed by atoms with Crippen LogP contribution < -0.4 is 20.1 Å². The summed E-state index contributed by atoms with van der Waals surface area (Å²) in [5, 5.41) is 16.1. The predicted octanol–water partition coefficient (Wildman–Crippen LogP) is 2.64. The maximum absolute atomic E-state index is 14.4. The molecule has 0 saturated carbocycles. The van der Waals surface area contributed by atoms with Crippen molar-refractivity contribution in [1.82, 2.24) is 5.32 Å². The first-order valence-electron chi connectivity index (χ1n) is 9.33. The Kier molecular flexibility index (Phi) is 6.29. The first-order valence-corrected chi connectivity index (χ1v) is 9.33. The second kappa shape index (κ2) is 8.51. The number of hydrogen-bond donors (Lipinski definition) is 2. The van der Waals surface area contributed by atoms with E-state index in [-0.39, 0.29) is 11.3 Å². The van der Waals surface area contributed by atoms with Crippen molar-refractivity contribution in [3.63, 3.8) is 0 Å². The van der Waals surface area contributed by atoms with Gasteiger partial charge in [-0.2, -0.15) is 22.3 Å². The van der Waals surface area contributed by atoms with E-state index in [0.717, 1.165) is 45.7 Å². The summed E-state index contributed by atoms with van der Waals surface area (Å²) in [5.41, 5.74) is -2.88. The summed E-state index contributed by atoms with van der Waals surface area (Å²) < 4.78 is 80.7. The van der Waals surface area contributed by atoms with Crippen LogP contribution in [0.4, 0.5) is 27.6 Å². The number of pyridine rings is 1. The number of methoxy groups -OCH3 is 2. The zero-order chi connectivity index (χ0) is 23.8. The number of amides is 1. The summed E-state index contributed by atoms with van der Waals surface area (Å²) >= 11 is 0. The van der Waals surface area contributed by atoms with Crippen molar-refractivity contribution in [2.45, 2.75) is 36.7 Å². The minimum atomic E-state index is -4.88. The van der Waals surface area contributed by atoms with Gasteiger partial charge in [-0.25, -0.2) is 4.39 Å². The minimum Gasteiger partial charge on any atom is -0.619 e. The van der Waals surface area contributed by atoms with E-state index in [1.54, 1.807) is 0 Å². The summed E-state index contributed by atoms with van der Waals surface area (Å²) in [6.07, 6.45) is -4.42. The summed E-state index contributed by atoms with van der Waals surface area (Å²) in [5.74, 6) is -5.69. The SMILES string of the molecule is COc1c([C@H]2[C@H](C(=O)Nc3ccc[n+]([O-])c3)N[C@@](C)(C(F)(F)F)[C@H]2OC)ccc(F)c1F. The third-order valence-electron chi connectivity index (χ3n) is 5.52. The molecule has 1 saturated heterocycles. The molecule has 4 atom stereocenters. The normalized spacial score (nSPS) is 25.6. The van der Waals surface area contributed by atoms with Crippen LogP contribution in [0, 0.1) is 16.8 Å². The Morgan fingerprint density at radius 3 is 2.50 bits per heavy atom. The van der Waals surface area contributed by atoms with E-state index >= 15 is 0 Å². The maximum Gasteiger partial charge on any atom is 0.408 e. The van der Waals surface area contributed by atoms with Gasteiger partial charge in [-0.05, 0) is 19.1 Å². The van der Waals surface area contributed by atoms with E-state index in [0.29, 0.717) is 4.73 Å². The standard InChI is InChI=1S/C20H20F5N3O4/c1-19(20(23,24)25)17(32-3)13(11-6-7-12(21)14(22)16(11)31-2)15(27-19)18(29)26-10-5-4-8-28(30)9-10/h4-9,13,15,17,27H,1-3H3,(H,26,29)/t13-,15+,17-,19+/m0/s1. The van der Waals surface area contributed by atoms with Crippen LogP contribution in [0.1, 0.15) is 18.4 Å². The van der Waals surface area contributed by atoms with Crippen LogP contribution in [-0.4, -0.2) is 44.0 Å². The van der Waals surface area contributed by atoms with E-state index in [1.165, 1.54) is 12.1 Å². The molecule has 0 aliphatic carbocycles. The van der Waals surface area contributed by atoms with Crippen LogP contribution >= 0.6 is 0 Å². The number of rotatable bonds is 5. The molecular formula is C20H20F5N3O4. The van der Waals surface area contributed by atoms with Gasteiger partial charge in [-0.1, -0.05) is 6.07 Å². The number of carbonyl (C=O) groups excluding carboxylic acids is 1. The molecule has 1 aromatic heterocycles. The molecule has 2 aromatic rings. The Bertz CT molecular complexity index is 1020. The number of ether oxygens (including phenoxy) is 2. The molecular weight excluding hydrogens is 441 g/mol. The molecule has 3 rings (SSSR count). The van der Waals surface area contributed by atoms with E-state index in [4.69, 9.17) is 9.47 Å². The lowest BCUT2D eigenvalue weighted by atomic mass is 9.82. The molecule has 0 unspecified atom stereocenters. The van der Waals surface area contributed by atoms with Gasteiger partial charge >= 0.3 is 6.18 Å². The average Bonchev–Trinajstić information content (AvgIpc) is 3.03. The summed E-state index contributed by atoms with van der Waals surface area (Å²) in [4.78, 5) is 13.0. The molecule has 0 radical (unpaired) electrons. The number of hydrogen-bond acceptors (Lipinski definition) is 5. The number of carbonyl (C=O) groups is 1. The van der Waals surface area contributed by atoms with Crippen LogP contribution in [0.25, 0.3) is 0 Å². The third-order valence-corrected chi connectivity index (χ3v) is 5.52. The van der Waals surface area contributed by atoms with Gasteiger partial charge in [0.05, 0.1) is 19.3 Å². The molecule has 2 N–H and O–H groups in total. The lowest BCUT2D eigenvalue weighted by Gasteiger charge is -2.34. The van der Waals surface area contributed by atoms with E-state index in [9.17, 15) is 32.0 Å². The van der Waals surface area contributed by atoms with Gasteiger partial charge in [-0.3, -0.25) is 10.1 Å². The molecule has 1 aliphatic rings. The van der Waals surface area contributed by atoms with Crippen molar-refractivity contribution in [3.05, 3.63) is 59.1 Å². The fourth-order valence-electron chi connectivity index (χ4n) is 3.99. The van der Waals surface area contributed by atoms with Crippen molar-refractivity contribution in [2.75, 3.05) is 19.5 Å². The number of alkyl halides is 3. The highest BCUT2D eigenvalue weighted by Crippen LogP contribution is 2.49.